The molecule has 0 unspecified atom stereocenters. The molecule has 0 aliphatic rings. The van der Waals surface area contributed by atoms with Crippen molar-refractivity contribution in [1.82, 2.24) is 5.16 Å². The Balaban J connectivity index is 2.10. The monoisotopic (exact) mass is 446 g/mol. The molecule has 32 heavy (non-hydrogen) atoms. The maximum atomic E-state index is 11.2. The van der Waals surface area contributed by atoms with E-state index in [4.69, 9.17) is 33.3 Å². The molecule has 1 aromatic heterocycles. The lowest BCUT2D eigenvalue weighted by molar-refractivity contribution is -0.384. The molecule has 1 heterocycles. The summed E-state index contributed by atoms with van der Waals surface area (Å²) < 4.78 is 31.8. The van der Waals surface area contributed by atoms with Crippen LogP contribution in [0.15, 0.2) is 47.0 Å². The van der Waals surface area contributed by atoms with E-state index in [-0.39, 0.29) is 47.8 Å². The third-order valence-corrected chi connectivity index (χ3v) is 3.97. The van der Waals surface area contributed by atoms with Crippen molar-refractivity contribution in [2.24, 2.45) is 0 Å². The number of carboxylic acid groups (broad SMARTS) is 1. The number of non-ortho nitro benzene ring substituents is 1. The highest BCUT2D eigenvalue weighted by molar-refractivity contribution is 5.87. The standard InChI is InChI=1S/C20H18N2O10/c1-27-10-29-14-7-16(30-11-28-2)19(15-9-18(20(23)24)32-21-15)17(8-14)31-13-5-3-12(4-6-13)22(25)26/h3-9H,10-11H2,1-2H3,(H,23,24). The largest absolute Gasteiger partial charge is 0.475 e. The zero-order chi connectivity index (χ0) is 23.1. The number of hydrogen-bond acceptors (Lipinski definition) is 10. The van der Waals surface area contributed by atoms with Gasteiger partial charge in [-0.25, -0.2) is 4.79 Å². The fourth-order valence-electron chi connectivity index (χ4n) is 2.60. The van der Waals surface area contributed by atoms with Gasteiger partial charge in [-0.1, -0.05) is 5.16 Å². The molecule has 0 atom stereocenters. The van der Waals surface area contributed by atoms with Crippen LogP contribution in [-0.2, 0) is 9.47 Å². The van der Waals surface area contributed by atoms with Crippen molar-refractivity contribution >= 4 is 11.7 Å². The number of benzene rings is 2. The Morgan fingerprint density at radius 3 is 2.28 bits per heavy atom. The van der Waals surface area contributed by atoms with E-state index < -0.39 is 16.7 Å². The lowest BCUT2D eigenvalue weighted by Gasteiger charge is -2.17. The zero-order valence-corrected chi connectivity index (χ0v) is 17.0. The van der Waals surface area contributed by atoms with E-state index in [1.165, 1.54) is 56.7 Å². The molecular formula is C20H18N2O10. The molecule has 0 saturated carbocycles. The third-order valence-electron chi connectivity index (χ3n) is 3.97. The lowest BCUT2D eigenvalue weighted by atomic mass is 10.1. The number of nitrogens with zero attached hydrogens (tertiary/aromatic N) is 2. The Morgan fingerprint density at radius 2 is 1.69 bits per heavy atom. The van der Waals surface area contributed by atoms with Crippen molar-refractivity contribution in [3.05, 3.63) is 58.3 Å². The van der Waals surface area contributed by atoms with Crippen LogP contribution in [0.4, 0.5) is 5.69 Å². The van der Waals surface area contributed by atoms with Crippen LogP contribution >= 0.6 is 0 Å². The number of carboxylic acids is 1. The van der Waals surface area contributed by atoms with Crippen molar-refractivity contribution in [1.29, 1.82) is 0 Å². The van der Waals surface area contributed by atoms with Crippen LogP contribution in [0.25, 0.3) is 11.3 Å². The van der Waals surface area contributed by atoms with E-state index in [2.05, 4.69) is 5.16 Å². The highest BCUT2D eigenvalue weighted by Gasteiger charge is 2.23. The molecular weight excluding hydrogens is 428 g/mol. The molecule has 0 aliphatic carbocycles. The van der Waals surface area contributed by atoms with Gasteiger partial charge in [0.2, 0.25) is 5.76 Å². The van der Waals surface area contributed by atoms with Gasteiger partial charge in [-0.05, 0) is 12.1 Å². The summed E-state index contributed by atoms with van der Waals surface area (Å²) in [6.45, 7) is -0.200. The van der Waals surface area contributed by atoms with Crippen LogP contribution in [0.1, 0.15) is 10.6 Å². The van der Waals surface area contributed by atoms with Gasteiger partial charge in [-0.15, -0.1) is 0 Å². The molecule has 3 aromatic rings. The Morgan fingerprint density at radius 1 is 1.03 bits per heavy atom. The SMILES string of the molecule is COCOc1cc(OCOC)c(-c2cc(C(=O)O)on2)c(Oc2ccc([N+](=O)[O-])cc2)c1. The predicted octanol–water partition coefficient (Wildman–Crippen LogP) is 3.71. The highest BCUT2D eigenvalue weighted by Crippen LogP contribution is 2.43. The van der Waals surface area contributed by atoms with E-state index in [0.717, 1.165) is 0 Å². The molecule has 0 saturated heterocycles. The van der Waals surface area contributed by atoms with E-state index in [1.807, 2.05) is 0 Å². The van der Waals surface area contributed by atoms with Crippen molar-refractivity contribution in [2.45, 2.75) is 0 Å². The Bertz CT molecular complexity index is 1090. The maximum absolute atomic E-state index is 11.2. The number of rotatable bonds is 11. The average Bonchev–Trinajstić information content (AvgIpc) is 3.26. The van der Waals surface area contributed by atoms with Gasteiger partial charge in [-0.3, -0.25) is 10.1 Å². The van der Waals surface area contributed by atoms with Crippen LogP contribution in [0.5, 0.6) is 23.0 Å². The Labute approximate surface area is 181 Å². The number of ether oxygens (including phenoxy) is 5. The second-order valence-corrected chi connectivity index (χ2v) is 6.13. The minimum Gasteiger partial charge on any atom is -0.475 e. The molecule has 0 fully saturated rings. The van der Waals surface area contributed by atoms with Crippen molar-refractivity contribution in [2.75, 3.05) is 27.8 Å². The number of hydrogen-bond donors (Lipinski definition) is 1. The fraction of sp³-hybridized carbons (Fsp3) is 0.200. The van der Waals surface area contributed by atoms with E-state index in [1.54, 1.807) is 0 Å². The minimum absolute atomic E-state index is 0.0623. The van der Waals surface area contributed by atoms with Crippen molar-refractivity contribution in [3.8, 4) is 34.3 Å². The first-order valence-electron chi connectivity index (χ1n) is 8.97. The summed E-state index contributed by atoms with van der Waals surface area (Å²) in [5.74, 6) is -0.771. The van der Waals surface area contributed by atoms with Gasteiger partial charge in [0, 0.05) is 44.6 Å². The molecule has 0 aliphatic heterocycles. The van der Waals surface area contributed by atoms with Crippen LogP contribution < -0.4 is 14.2 Å². The second kappa shape index (κ2) is 10.2. The summed E-state index contributed by atoms with van der Waals surface area (Å²) in [7, 11) is 2.88. The maximum Gasteiger partial charge on any atom is 0.374 e. The summed E-state index contributed by atoms with van der Waals surface area (Å²) in [4.78, 5) is 21.6. The summed E-state index contributed by atoms with van der Waals surface area (Å²) in [5, 5.41) is 23.9. The number of nitro benzene ring substituents is 1. The van der Waals surface area contributed by atoms with Crippen LogP contribution in [-0.4, -0.2) is 49.0 Å². The average molecular weight is 446 g/mol. The lowest BCUT2D eigenvalue weighted by Crippen LogP contribution is -2.04. The smallest absolute Gasteiger partial charge is 0.374 e. The van der Waals surface area contributed by atoms with Crippen molar-refractivity contribution in [3.63, 3.8) is 0 Å². The molecule has 0 spiro atoms. The van der Waals surface area contributed by atoms with Gasteiger partial charge < -0.3 is 33.3 Å². The highest BCUT2D eigenvalue weighted by atomic mass is 16.7. The molecule has 0 bridgehead atoms. The molecule has 2 aromatic carbocycles. The number of aromatic carboxylic acids is 1. The van der Waals surface area contributed by atoms with E-state index in [9.17, 15) is 14.9 Å². The summed E-state index contributed by atoms with van der Waals surface area (Å²) in [6, 6.07) is 9.60. The number of carbonyl (C=O) groups is 1. The molecule has 0 amide bonds. The normalized spacial score (nSPS) is 10.6. The quantitative estimate of drug-likeness (QED) is 0.260. The van der Waals surface area contributed by atoms with Crippen LogP contribution in [0, 0.1) is 10.1 Å². The van der Waals surface area contributed by atoms with Gasteiger partial charge in [-0.2, -0.15) is 0 Å². The van der Waals surface area contributed by atoms with E-state index >= 15 is 0 Å². The molecule has 168 valence electrons. The first kappa shape index (κ1) is 22.5. The number of methoxy groups -OCH3 is 2. The number of aromatic nitrogens is 1. The Hall–Kier alpha value is -4.16. The molecule has 0 radical (unpaired) electrons. The van der Waals surface area contributed by atoms with Gasteiger partial charge in [0.05, 0.1) is 10.5 Å². The molecule has 1 N–H and O–H groups in total. The summed E-state index contributed by atoms with van der Waals surface area (Å²) in [5.41, 5.74) is 0.256. The van der Waals surface area contributed by atoms with Crippen LogP contribution in [0.2, 0.25) is 0 Å². The first-order chi connectivity index (χ1) is 15.4. The first-order valence-corrected chi connectivity index (χ1v) is 8.97. The van der Waals surface area contributed by atoms with Crippen LogP contribution in [0.3, 0.4) is 0 Å². The fourth-order valence-corrected chi connectivity index (χ4v) is 2.60. The predicted molar refractivity (Wildman–Crippen MR) is 107 cm³/mol. The van der Waals surface area contributed by atoms with Gasteiger partial charge in [0.15, 0.2) is 13.6 Å². The van der Waals surface area contributed by atoms with Gasteiger partial charge >= 0.3 is 5.97 Å². The summed E-state index contributed by atoms with van der Waals surface area (Å²) >= 11 is 0. The van der Waals surface area contributed by atoms with Gasteiger partial charge in [0.25, 0.3) is 5.69 Å². The zero-order valence-electron chi connectivity index (χ0n) is 17.0. The van der Waals surface area contributed by atoms with E-state index in [0.29, 0.717) is 5.75 Å². The van der Waals surface area contributed by atoms with Crippen molar-refractivity contribution < 1.29 is 43.0 Å². The Kier molecular flexibility index (Phi) is 7.21. The second-order valence-electron chi connectivity index (χ2n) is 6.13. The topological polar surface area (TPSA) is 153 Å². The number of nitro groups is 1. The summed E-state index contributed by atoms with van der Waals surface area (Å²) in [6.07, 6.45) is 0. The third kappa shape index (κ3) is 5.30. The molecule has 3 rings (SSSR count). The van der Waals surface area contributed by atoms with Gasteiger partial charge in [0.1, 0.15) is 28.7 Å². The molecule has 12 heteroatoms. The minimum atomic E-state index is -1.30. The molecule has 12 nitrogen and oxygen atoms in total.